The standard InChI is InChI=1S/C76H52N8O8/c85-63-33-15-13-31-59(63)71-77-67(47-19-5-1-6-20-47)69(49-23-9-3-10-24-49)83(71)53-35-39-55(40-36-53)89-57-29-17-27-51(43-57)73-79-81-75(91-73)61-45-66(88)62(46-65(61)87)76-82-80-74(92-76)52-28-18-30-58(44-52)90-56-41-37-54(38-42-56)84-70(50-25-11-4-12-26-50)68(48-21-7-2-8-22-48)78-72(84)60-32-14-16-34-64(60)86/h1,3-7,9-46,85-88H,2,8H2. The van der Waals surface area contributed by atoms with E-state index in [9.17, 15) is 20.4 Å². The quantitative estimate of drug-likeness (QED) is 0.0663. The lowest BCUT2D eigenvalue weighted by molar-refractivity contribution is 0.457. The molecule has 0 unspecified atom stereocenters. The van der Waals surface area contributed by atoms with Crippen molar-refractivity contribution in [1.82, 2.24) is 39.5 Å². The van der Waals surface area contributed by atoms with Crippen molar-refractivity contribution in [3.05, 3.63) is 273 Å². The number of nitrogens with zero attached hydrogens (tertiary/aromatic N) is 8. The van der Waals surface area contributed by atoms with Crippen LogP contribution in [0.15, 0.2) is 276 Å². The van der Waals surface area contributed by atoms with E-state index in [0.29, 0.717) is 56.9 Å². The number of imidazole rings is 2. The monoisotopic (exact) mass is 1200 g/mol. The first-order valence-electron chi connectivity index (χ1n) is 29.6. The first-order chi connectivity index (χ1) is 45.2. The van der Waals surface area contributed by atoms with Crippen molar-refractivity contribution < 1.29 is 38.7 Å². The molecule has 4 heterocycles. The predicted molar refractivity (Wildman–Crippen MR) is 351 cm³/mol. The summed E-state index contributed by atoms with van der Waals surface area (Å²) < 4.78 is 29.1. The number of aromatic nitrogens is 8. The minimum Gasteiger partial charge on any atom is -0.507 e. The van der Waals surface area contributed by atoms with Crippen LogP contribution in [0.2, 0.25) is 0 Å². The zero-order valence-electron chi connectivity index (χ0n) is 48.8. The lowest BCUT2D eigenvalue weighted by atomic mass is 10.00. The fourth-order valence-corrected chi connectivity index (χ4v) is 11.3. The Morgan fingerprint density at radius 3 is 1.21 bits per heavy atom. The summed E-state index contributed by atoms with van der Waals surface area (Å²) in [4.78, 5) is 10.4. The Hall–Kier alpha value is -12.8. The van der Waals surface area contributed by atoms with Crippen molar-refractivity contribution in [2.24, 2.45) is 0 Å². The third-order valence-electron chi connectivity index (χ3n) is 15.7. The Morgan fingerprint density at radius 2 is 0.750 bits per heavy atom. The molecule has 92 heavy (non-hydrogen) atoms. The molecule has 0 amide bonds. The van der Waals surface area contributed by atoms with E-state index in [4.69, 9.17) is 28.3 Å². The third-order valence-corrected chi connectivity index (χ3v) is 15.7. The van der Waals surface area contributed by atoms with Crippen LogP contribution in [0.25, 0.3) is 119 Å². The topological polar surface area (TPSA) is 213 Å². The third kappa shape index (κ3) is 10.8. The summed E-state index contributed by atoms with van der Waals surface area (Å²) in [6, 6.07) is 76.7. The van der Waals surface area contributed by atoms with Crippen LogP contribution in [-0.2, 0) is 0 Å². The minimum absolute atomic E-state index is 0.0523. The number of hydrogen-bond donors (Lipinski definition) is 4. The van der Waals surface area contributed by atoms with Crippen LogP contribution in [0.3, 0.4) is 0 Å². The first-order valence-corrected chi connectivity index (χ1v) is 29.6. The van der Waals surface area contributed by atoms with E-state index in [1.165, 1.54) is 12.1 Å². The summed E-state index contributed by atoms with van der Waals surface area (Å²) in [5.41, 5.74) is 11.2. The minimum atomic E-state index is -0.289. The molecule has 15 rings (SSSR count). The largest absolute Gasteiger partial charge is 0.507 e. The lowest BCUT2D eigenvalue weighted by Gasteiger charge is -2.15. The number of rotatable bonds is 16. The second-order valence-electron chi connectivity index (χ2n) is 21.7. The molecule has 16 nitrogen and oxygen atoms in total. The van der Waals surface area contributed by atoms with Crippen LogP contribution in [0, 0.1) is 0 Å². The predicted octanol–water partition coefficient (Wildman–Crippen LogP) is 18.0. The number of allylic oxidation sites excluding steroid dienone is 4. The van der Waals surface area contributed by atoms with E-state index < -0.39 is 0 Å². The van der Waals surface area contributed by atoms with Gasteiger partial charge in [0, 0.05) is 39.2 Å². The van der Waals surface area contributed by atoms with Crippen molar-refractivity contribution in [2.75, 3.05) is 0 Å². The average molecular weight is 1210 g/mol. The highest BCUT2D eigenvalue weighted by atomic mass is 16.5. The molecule has 10 aromatic carbocycles. The Labute approximate surface area is 526 Å². The molecule has 4 aromatic heterocycles. The maximum absolute atomic E-state index is 11.4. The van der Waals surface area contributed by atoms with E-state index in [2.05, 4.69) is 59.9 Å². The van der Waals surface area contributed by atoms with Crippen molar-refractivity contribution in [2.45, 2.75) is 12.8 Å². The molecule has 0 saturated heterocycles. The number of phenolic OH excluding ortho intramolecular Hbond substituents is 4. The molecule has 4 N–H and O–H groups in total. The summed E-state index contributed by atoms with van der Waals surface area (Å²) in [5.74, 6) is 3.07. The van der Waals surface area contributed by atoms with Gasteiger partial charge in [-0.15, -0.1) is 20.4 Å². The van der Waals surface area contributed by atoms with E-state index in [0.717, 1.165) is 69.3 Å². The van der Waals surface area contributed by atoms with Crippen LogP contribution < -0.4 is 9.47 Å². The Bertz CT molecular complexity index is 5090. The number of phenols is 4. The molecule has 1 aliphatic carbocycles. The Kier molecular flexibility index (Phi) is 14.6. The van der Waals surface area contributed by atoms with Gasteiger partial charge in [-0.3, -0.25) is 9.13 Å². The second kappa shape index (κ2) is 24.0. The summed E-state index contributed by atoms with van der Waals surface area (Å²) in [6.07, 6.45) is 8.34. The molecule has 0 fully saturated rings. The van der Waals surface area contributed by atoms with E-state index >= 15 is 0 Å². The fourth-order valence-electron chi connectivity index (χ4n) is 11.3. The van der Waals surface area contributed by atoms with Crippen LogP contribution >= 0.6 is 0 Å². The smallest absolute Gasteiger partial charge is 0.252 e. The van der Waals surface area contributed by atoms with Gasteiger partial charge in [-0.2, -0.15) is 0 Å². The highest BCUT2D eigenvalue weighted by Gasteiger charge is 2.28. The lowest BCUT2D eigenvalue weighted by Crippen LogP contribution is -2.01. The number of benzene rings is 10. The Morgan fingerprint density at radius 1 is 0.337 bits per heavy atom. The van der Waals surface area contributed by atoms with Gasteiger partial charge in [-0.25, -0.2) is 9.97 Å². The van der Waals surface area contributed by atoms with Gasteiger partial charge in [0.15, 0.2) is 0 Å². The van der Waals surface area contributed by atoms with Crippen molar-refractivity contribution in [1.29, 1.82) is 0 Å². The van der Waals surface area contributed by atoms with E-state index in [-0.39, 0.29) is 57.7 Å². The number of para-hydroxylation sites is 2. The highest BCUT2D eigenvalue weighted by molar-refractivity contribution is 5.88. The molecular formula is C76H52N8O8. The maximum atomic E-state index is 11.4. The number of hydrogen-bond acceptors (Lipinski definition) is 14. The molecule has 1 aliphatic rings. The fraction of sp³-hybridized carbons (Fsp3) is 0.0263. The van der Waals surface area contributed by atoms with Crippen molar-refractivity contribution >= 4 is 5.57 Å². The van der Waals surface area contributed by atoms with Gasteiger partial charge in [0.2, 0.25) is 11.8 Å². The van der Waals surface area contributed by atoms with Gasteiger partial charge >= 0.3 is 0 Å². The summed E-state index contributed by atoms with van der Waals surface area (Å²) >= 11 is 0. The molecule has 16 heteroatoms. The second-order valence-corrected chi connectivity index (χ2v) is 21.7. The normalized spacial score (nSPS) is 12.0. The number of ether oxygens (including phenoxy) is 2. The zero-order valence-corrected chi connectivity index (χ0v) is 48.8. The van der Waals surface area contributed by atoms with Gasteiger partial charge in [0.05, 0.1) is 45.0 Å². The van der Waals surface area contributed by atoms with Gasteiger partial charge < -0.3 is 38.7 Å². The number of aromatic hydroxyl groups is 4. The van der Waals surface area contributed by atoms with Gasteiger partial charge in [-0.1, -0.05) is 146 Å². The van der Waals surface area contributed by atoms with Crippen LogP contribution in [0.1, 0.15) is 18.5 Å². The molecule has 0 spiro atoms. The maximum Gasteiger partial charge on any atom is 0.252 e. The molecule has 0 atom stereocenters. The SMILES string of the molecule is Oc1cc(-c2nnc(-c3cccc(Oc4ccc(-n5c(-c6ccccc6O)nc(-c6ccccc6)c5-c5ccccc5)cc4)c3)o2)c(O)cc1-c1nnc(-c2cccc(Oc3ccc(-n4c(-c5ccccc5O)nc(C5=CCCC=C5)c4-c4ccccc4)cc3)c2)o1. The van der Waals surface area contributed by atoms with Crippen LogP contribution in [-0.4, -0.2) is 59.9 Å². The molecule has 0 radical (unpaired) electrons. The highest BCUT2D eigenvalue weighted by Crippen LogP contribution is 2.45. The summed E-state index contributed by atoms with van der Waals surface area (Å²) in [5, 5.41) is 62.1. The van der Waals surface area contributed by atoms with Crippen LogP contribution in [0.5, 0.6) is 46.0 Å². The van der Waals surface area contributed by atoms with Crippen LogP contribution in [0.4, 0.5) is 0 Å². The van der Waals surface area contributed by atoms with Gasteiger partial charge in [-0.05, 0) is 140 Å². The molecule has 14 aromatic rings. The molecular weight excluding hydrogens is 1150 g/mol. The molecule has 0 bridgehead atoms. The van der Waals surface area contributed by atoms with E-state index in [1.54, 1.807) is 66.7 Å². The average Bonchev–Trinajstić information content (AvgIpc) is 1.63. The molecule has 444 valence electrons. The Balaban J connectivity index is 0.649. The van der Waals surface area contributed by atoms with Crippen molar-refractivity contribution in [3.8, 4) is 160 Å². The van der Waals surface area contributed by atoms with Gasteiger partial charge in [0.1, 0.15) is 57.6 Å². The summed E-state index contributed by atoms with van der Waals surface area (Å²) in [6.45, 7) is 0. The van der Waals surface area contributed by atoms with E-state index in [1.807, 2.05) is 158 Å². The molecule has 0 aliphatic heterocycles. The first kappa shape index (κ1) is 55.7. The zero-order chi connectivity index (χ0) is 62.1. The molecule has 0 saturated carbocycles. The van der Waals surface area contributed by atoms with Crippen molar-refractivity contribution in [3.63, 3.8) is 0 Å². The summed E-state index contributed by atoms with van der Waals surface area (Å²) in [7, 11) is 0. The van der Waals surface area contributed by atoms with Gasteiger partial charge in [0.25, 0.3) is 11.8 Å².